The molecule has 0 aliphatic carbocycles. The largest absolute Gasteiger partial charge is 0.334 e. The Morgan fingerprint density at radius 2 is 1.75 bits per heavy atom. The lowest BCUT2D eigenvalue weighted by molar-refractivity contribution is 0.244. The van der Waals surface area contributed by atoms with E-state index in [1.807, 2.05) is 48.5 Å². The highest BCUT2D eigenvalue weighted by Crippen LogP contribution is 2.15. The lowest BCUT2D eigenvalue weighted by atomic mass is 10.2. The second-order valence-corrected chi connectivity index (χ2v) is 4.57. The maximum atomic E-state index is 11.6. The van der Waals surface area contributed by atoms with Crippen LogP contribution in [0.2, 0.25) is 5.02 Å². The zero-order valence-corrected chi connectivity index (χ0v) is 11.6. The van der Waals surface area contributed by atoms with E-state index in [1.54, 1.807) is 18.3 Å². The fourth-order valence-corrected chi connectivity index (χ4v) is 1.85. The molecule has 4 heteroatoms. The first-order chi connectivity index (χ1) is 9.75. The van der Waals surface area contributed by atoms with E-state index in [-0.39, 0.29) is 6.03 Å². The molecule has 3 nitrogen and oxygen atoms in total. The zero-order chi connectivity index (χ0) is 14.2. The molecule has 0 saturated heterocycles. The van der Waals surface area contributed by atoms with Gasteiger partial charge in [-0.15, -0.1) is 0 Å². The molecule has 0 bridgehead atoms. The molecule has 0 aliphatic rings. The molecule has 0 aromatic heterocycles. The summed E-state index contributed by atoms with van der Waals surface area (Å²) in [7, 11) is 0. The molecule has 0 radical (unpaired) electrons. The van der Waals surface area contributed by atoms with Gasteiger partial charge in [0, 0.05) is 17.8 Å². The van der Waals surface area contributed by atoms with Crippen LogP contribution >= 0.6 is 11.6 Å². The Morgan fingerprint density at radius 1 is 1.05 bits per heavy atom. The van der Waals surface area contributed by atoms with Crippen LogP contribution < -0.4 is 10.6 Å². The smallest absolute Gasteiger partial charge is 0.319 e. The lowest BCUT2D eigenvalue weighted by Gasteiger charge is -2.04. The first-order valence-electron chi connectivity index (χ1n) is 6.25. The Morgan fingerprint density at radius 3 is 2.50 bits per heavy atom. The van der Waals surface area contributed by atoms with Gasteiger partial charge in [-0.05, 0) is 23.3 Å². The third-order valence-electron chi connectivity index (χ3n) is 2.68. The monoisotopic (exact) mass is 286 g/mol. The van der Waals surface area contributed by atoms with Crippen LogP contribution in [0.15, 0.2) is 60.8 Å². The van der Waals surface area contributed by atoms with Gasteiger partial charge in [0.2, 0.25) is 0 Å². The van der Waals surface area contributed by atoms with E-state index >= 15 is 0 Å². The summed E-state index contributed by atoms with van der Waals surface area (Å²) in [6.07, 6.45) is 3.33. The molecule has 102 valence electrons. The summed E-state index contributed by atoms with van der Waals surface area (Å²) in [6.45, 7) is 0.493. The van der Waals surface area contributed by atoms with Crippen molar-refractivity contribution in [1.82, 2.24) is 10.6 Å². The molecule has 0 saturated carbocycles. The van der Waals surface area contributed by atoms with Crippen molar-refractivity contribution in [3.05, 3.63) is 76.9 Å². The Balaban J connectivity index is 1.79. The average molecular weight is 287 g/mol. The van der Waals surface area contributed by atoms with Gasteiger partial charge in [-0.25, -0.2) is 4.79 Å². The standard InChI is InChI=1S/C16H15ClN2O/c17-15-9-5-4-8-14(15)10-11-18-16(20)19-12-13-6-2-1-3-7-13/h1-11H,12H2,(H2,18,19,20)/b11-10+. The van der Waals surface area contributed by atoms with Crippen LogP contribution in [0.4, 0.5) is 4.79 Å². The Bertz CT molecular complexity index is 596. The fourth-order valence-electron chi connectivity index (χ4n) is 1.65. The van der Waals surface area contributed by atoms with Gasteiger partial charge < -0.3 is 10.6 Å². The Kier molecular flexibility index (Phi) is 5.21. The van der Waals surface area contributed by atoms with Gasteiger partial charge in [0.1, 0.15) is 0 Å². The first-order valence-corrected chi connectivity index (χ1v) is 6.63. The predicted octanol–water partition coefficient (Wildman–Crippen LogP) is 3.81. The number of benzene rings is 2. The average Bonchev–Trinajstić information content (AvgIpc) is 2.48. The van der Waals surface area contributed by atoms with Crippen LogP contribution in [0.5, 0.6) is 0 Å². The number of hydrogen-bond acceptors (Lipinski definition) is 1. The number of rotatable bonds is 4. The summed E-state index contributed by atoms with van der Waals surface area (Å²) in [5.74, 6) is 0. The summed E-state index contributed by atoms with van der Waals surface area (Å²) < 4.78 is 0. The van der Waals surface area contributed by atoms with Gasteiger partial charge in [-0.2, -0.15) is 0 Å². The summed E-state index contributed by atoms with van der Waals surface area (Å²) >= 11 is 6.00. The summed E-state index contributed by atoms with van der Waals surface area (Å²) in [6, 6.07) is 16.9. The van der Waals surface area contributed by atoms with Crippen LogP contribution in [-0.2, 0) is 6.54 Å². The molecule has 0 unspecified atom stereocenters. The number of halogens is 1. The molecule has 2 N–H and O–H groups in total. The number of urea groups is 1. The van der Waals surface area contributed by atoms with Gasteiger partial charge in [0.25, 0.3) is 0 Å². The number of nitrogens with one attached hydrogen (secondary N) is 2. The van der Waals surface area contributed by atoms with Crippen LogP contribution in [0.3, 0.4) is 0 Å². The molecule has 2 aromatic rings. The highest BCUT2D eigenvalue weighted by atomic mass is 35.5. The summed E-state index contributed by atoms with van der Waals surface area (Å²) in [4.78, 5) is 11.6. The minimum Gasteiger partial charge on any atom is -0.334 e. The molecule has 0 heterocycles. The second-order valence-electron chi connectivity index (χ2n) is 4.17. The van der Waals surface area contributed by atoms with Crippen molar-refractivity contribution in [3.63, 3.8) is 0 Å². The quantitative estimate of drug-likeness (QED) is 0.882. The maximum Gasteiger partial charge on any atom is 0.319 e. The molecule has 0 atom stereocenters. The normalized spacial score (nSPS) is 10.4. The van der Waals surface area contributed by atoms with E-state index in [0.717, 1.165) is 11.1 Å². The summed E-state index contributed by atoms with van der Waals surface area (Å²) in [5.41, 5.74) is 1.91. The van der Waals surface area contributed by atoms with E-state index in [1.165, 1.54) is 0 Å². The van der Waals surface area contributed by atoms with Crippen molar-refractivity contribution in [2.24, 2.45) is 0 Å². The highest BCUT2D eigenvalue weighted by Gasteiger charge is 1.97. The van der Waals surface area contributed by atoms with E-state index in [2.05, 4.69) is 10.6 Å². The molecule has 0 aliphatic heterocycles. The van der Waals surface area contributed by atoms with Gasteiger partial charge in [-0.1, -0.05) is 60.1 Å². The highest BCUT2D eigenvalue weighted by molar-refractivity contribution is 6.32. The van der Waals surface area contributed by atoms with E-state index in [0.29, 0.717) is 11.6 Å². The van der Waals surface area contributed by atoms with Crippen molar-refractivity contribution in [1.29, 1.82) is 0 Å². The third-order valence-corrected chi connectivity index (χ3v) is 3.02. The first kappa shape index (κ1) is 14.2. The molecule has 20 heavy (non-hydrogen) atoms. The molecular formula is C16H15ClN2O. The lowest BCUT2D eigenvalue weighted by Crippen LogP contribution is -2.31. The zero-order valence-electron chi connectivity index (χ0n) is 10.8. The third kappa shape index (κ3) is 4.44. The van der Waals surface area contributed by atoms with Gasteiger partial charge in [0.15, 0.2) is 0 Å². The number of carbonyl (C=O) groups excluding carboxylic acids is 1. The van der Waals surface area contributed by atoms with Crippen molar-refractivity contribution in [3.8, 4) is 0 Å². The van der Waals surface area contributed by atoms with Crippen molar-refractivity contribution < 1.29 is 4.79 Å². The molecule has 0 spiro atoms. The SMILES string of the molecule is O=C(N/C=C/c1ccccc1Cl)NCc1ccccc1. The molecule has 2 amide bonds. The van der Waals surface area contributed by atoms with Crippen LogP contribution in [-0.4, -0.2) is 6.03 Å². The fraction of sp³-hybridized carbons (Fsp3) is 0.0625. The molecule has 0 fully saturated rings. The Hall–Kier alpha value is -2.26. The van der Waals surface area contributed by atoms with Crippen molar-refractivity contribution in [2.75, 3.05) is 0 Å². The predicted molar refractivity (Wildman–Crippen MR) is 82.3 cm³/mol. The van der Waals surface area contributed by atoms with E-state index in [9.17, 15) is 4.79 Å². The van der Waals surface area contributed by atoms with Crippen LogP contribution in [0.25, 0.3) is 6.08 Å². The van der Waals surface area contributed by atoms with Crippen LogP contribution in [0.1, 0.15) is 11.1 Å². The van der Waals surface area contributed by atoms with Gasteiger partial charge in [-0.3, -0.25) is 0 Å². The van der Waals surface area contributed by atoms with E-state index < -0.39 is 0 Å². The van der Waals surface area contributed by atoms with E-state index in [4.69, 9.17) is 11.6 Å². The second kappa shape index (κ2) is 7.36. The maximum absolute atomic E-state index is 11.6. The Labute approximate surface area is 123 Å². The minimum atomic E-state index is -0.253. The van der Waals surface area contributed by atoms with Gasteiger partial charge in [0.05, 0.1) is 0 Å². The number of amides is 2. The summed E-state index contributed by atoms with van der Waals surface area (Å²) in [5, 5.41) is 6.05. The minimum absolute atomic E-state index is 0.253. The molecule has 2 aromatic carbocycles. The molecule has 2 rings (SSSR count). The van der Waals surface area contributed by atoms with Gasteiger partial charge >= 0.3 is 6.03 Å². The van der Waals surface area contributed by atoms with Crippen molar-refractivity contribution >= 4 is 23.7 Å². The molecular weight excluding hydrogens is 272 g/mol. The van der Waals surface area contributed by atoms with Crippen molar-refractivity contribution in [2.45, 2.75) is 6.54 Å². The number of carbonyl (C=O) groups is 1. The number of hydrogen-bond donors (Lipinski definition) is 2. The topological polar surface area (TPSA) is 41.1 Å². The van der Waals surface area contributed by atoms with Crippen LogP contribution in [0, 0.1) is 0 Å².